The summed E-state index contributed by atoms with van der Waals surface area (Å²) < 4.78 is 10.7. The van der Waals surface area contributed by atoms with Crippen LogP contribution in [0.15, 0.2) is 12.1 Å². The van der Waals surface area contributed by atoms with E-state index in [1.165, 1.54) is 0 Å². The Morgan fingerprint density at radius 2 is 1.78 bits per heavy atom. The number of piperazine rings is 1. The van der Waals surface area contributed by atoms with Crippen molar-refractivity contribution in [3.8, 4) is 11.5 Å². The number of benzene rings is 1. The summed E-state index contributed by atoms with van der Waals surface area (Å²) in [5.41, 5.74) is 7.93. The monoisotopic (exact) mass is 249 g/mol. The maximum absolute atomic E-state index is 6.10. The van der Waals surface area contributed by atoms with Crippen molar-refractivity contribution < 1.29 is 9.47 Å². The number of nitrogen functional groups attached to an aromatic ring is 1. The highest BCUT2D eigenvalue weighted by molar-refractivity contribution is 5.73. The van der Waals surface area contributed by atoms with E-state index in [-0.39, 0.29) is 0 Å². The van der Waals surface area contributed by atoms with E-state index in [1.807, 2.05) is 12.1 Å². The van der Waals surface area contributed by atoms with Gasteiger partial charge in [0.05, 0.1) is 11.4 Å². The van der Waals surface area contributed by atoms with Gasteiger partial charge in [-0.25, -0.2) is 0 Å². The second kappa shape index (κ2) is 4.57. The average molecular weight is 249 g/mol. The minimum absolute atomic E-state index is 0.293. The first-order valence-corrected chi connectivity index (χ1v) is 6.44. The molecule has 0 spiro atoms. The summed E-state index contributed by atoms with van der Waals surface area (Å²) in [6, 6.07) is 3.86. The molecule has 1 aromatic carbocycles. The molecule has 0 atom stereocenters. The normalized spacial score (nSPS) is 19.3. The van der Waals surface area contributed by atoms with Crippen LogP contribution < -0.4 is 20.1 Å². The summed E-state index contributed by atoms with van der Waals surface area (Å²) in [6.45, 7) is 7.81. The van der Waals surface area contributed by atoms with Crippen LogP contribution in [0.5, 0.6) is 11.5 Å². The fraction of sp³-hybridized carbons (Fsp3) is 0.538. The number of likely N-dealkylation sites (N-methyl/N-ethyl adjacent to an activating group) is 1. The standard InChI is InChI=1S/C13H19N3O2/c1-2-15-3-5-16(6-4-15)11-8-13-12(7-10(11)14)17-9-18-13/h7-8H,2-6,9,14H2,1H3. The van der Waals surface area contributed by atoms with Crippen LogP contribution in [-0.2, 0) is 0 Å². The van der Waals surface area contributed by atoms with Crippen molar-refractivity contribution in [1.82, 2.24) is 4.90 Å². The van der Waals surface area contributed by atoms with Gasteiger partial charge in [0.2, 0.25) is 6.79 Å². The van der Waals surface area contributed by atoms with Gasteiger partial charge in [-0.05, 0) is 6.54 Å². The van der Waals surface area contributed by atoms with Gasteiger partial charge < -0.3 is 25.0 Å². The van der Waals surface area contributed by atoms with E-state index >= 15 is 0 Å². The van der Waals surface area contributed by atoms with Gasteiger partial charge in [-0.2, -0.15) is 0 Å². The van der Waals surface area contributed by atoms with Crippen LogP contribution in [0.3, 0.4) is 0 Å². The highest BCUT2D eigenvalue weighted by Crippen LogP contribution is 2.39. The third-order valence-corrected chi connectivity index (χ3v) is 3.68. The summed E-state index contributed by atoms with van der Waals surface area (Å²) in [6.07, 6.45) is 0. The number of anilines is 2. The van der Waals surface area contributed by atoms with E-state index in [4.69, 9.17) is 15.2 Å². The summed E-state index contributed by atoms with van der Waals surface area (Å²) in [5.74, 6) is 1.56. The molecule has 3 rings (SSSR count). The second-order valence-corrected chi connectivity index (χ2v) is 4.69. The smallest absolute Gasteiger partial charge is 0.231 e. The molecular weight excluding hydrogens is 230 g/mol. The molecule has 0 radical (unpaired) electrons. The number of fused-ring (bicyclic) bond motifs is 1. The largest absolute Gasteiger partial charge is 0.454 e. The van der Waals surface area contributed by atoms with Crippen molar-refractivity contribution in [2.24, 2.45) is 0 Å². The van der Waals surface area contributed by atoms with Crippen LogP contribution >= 0.6 is 0 Å². The van der Waals surface area contributed by atoms with Gasteiger partial charge in [0.25, 0.3) is 0 Å². The molecule has 0 bridgehead atoms. The van der Waals surface area contributed by atoms with Crippen molar-refractivity contribution in [3.05, 3.63) is 12.1 Å². The quantitative estimate of drug-likeness (QED) is 0.797. The molecule has 0 unspecified atom stereocenters. The molecule has 2 aliphatic rings. The molecule has 2 heterocycles. The molecule has 0 aromatic heterocycles. The van der Waals surface area contributed by atoms with Crippen LogP contribution in [0.4, 0.5) is 11.4 Å². The number of hydrogen-bond acceptors (Lipinski definition) is 5. The van der Waals surface area contributed by atoms with Crippen LogP contribution in [0, 0.1) is 0 Å². The first kappa shape index (κ1) is 11.5. The van der Waals surface area contributed by atoms with Gasteiger partial charge in [-0.15, -0.1) is 0 Å². The van der Waals surface area contributed by atoms with Crippen LogP contribution in [0.1, 0.15) is 6.92 Å². The molecule has 0 amide bonds. The van der Waals surface area contributed by atoms with Gasteiger partial charge in [0.1, 0.15) is 0 Å². The maximum Gasteiger partial charge on any atom is 0.231 e. The Balaban J connectivity index is 1.80. The summed E-state index contributed by atoms with van der Waals surface area (Å²) in [4.78, 5) is 4.77. The Kier molecular flexibility index (Phi) is 2.91. The highest BCUT2D eigenvalue weighted by Gasteiger charge is 2.22. The fourth-order valence-corrected chi connectivity index (χ4v) is 2.53. The van der Waals surface area contributed by atoms with Crippen molar-refractivity contribution in [3.63, 3.8) is 0 Å². The third-order valence-electron chi connectivity index (χ3n) is 3.68. The molecular formula is C13H19N3O2. The lowest BCUT2D eigenvalue weighted by Gasteiger charge is -2.36. The van der Waals surface area contributed by atoms with Gasteiger partial charge in [0.15, 0.2) is 11.5 Å². The van der Waals surface area contributed by atoms with E-state index < -0.39 is 0 Å². The zero-order valence-corrected chi connectivity index (χ0v) is 10.7. The molecule has 1 fully saturated rings. The zero-order chi connectivity index (χ0) is 12.5. The summed E-state index contributed by atoms with van der Waals surface area (Å²) >= 11 is 0. The zero-order valence-electron chi connectivity index (χ0n) is 10.7. The molecule has 2 aliphatic heterocycles. The first-order valence-electron chi connectivity index (χ1n) is 6.44. The van der Waals surface area contributed by atoms with Crippen molar-refractivity contribution in [1.29, 1.82) is 0 Å². The SMILES string of the molecule is CCN1CCN(c2cc3c(cc2N)OCO3)CC1. The van der Waals surface area contributed by atoms with E-state index in [0.29, 0.717) is 6.79 Å². The van der Waals surface area contributed by atoms with Gasteiger partial charge in [0, 0.05) is 38.3 Å². The van der Waals surface area contributed by atoms with Crippen molar-refractivity contribution in [2.75, 3.05) is 50.2 Å². The van der Waals surface area contributed by atoms with Gasteiger partial charge >= 0.3 is 0 Å². The molecule has 5 heteroatoms. The van der Waals surface area contributed by atoms with E-state index in [0.717, 1.165) is 55.6 Å². The number of hydrogen-bond donors (Lipinski definition) is 1. The minimum Gasteiger partial charge on any atom is -0.454 e. The van der Waals surface area contributed by atoms with Crippen molar-refractivity contribution in [2.45, 2.75) is 6.92 Å². The molecule has 98 valence electrons. The Hall–Kier alpha value is -1.62. The number of rotatable bonds is 2. The Morgan fingerprint density at radius 3 is 2.44 bits per heavy atom. The topological polar surface area (TPSA) is 51.0 Å². The Bertz CT molecular complexity index is 442. The maximum atomic E-state index is 6.10. The predicted octanol–water partition coefficient (Wildman–Crippen LogP) is 1.14. The lowest BCUT2D eigenvalue weighted by atomic mass is 10.2. The number of nitrogens with zero attached hydrogens (tertiary/aromatic N) is 2. The predicted molar refractivity (Wildman–Crippen MR) is 71.3 cm³/mol. The van der Waals surface area contributed by atoms with Crippen LogP contribution in [0.2, 0.25) is 0 Å². The third kappa shape index (κ3) is 1.95. The van der Waals surface area contributed by atoms with Gasteiger partial charge in [-0.1, -0.05) is 6.92 Å². The lowest BCUT2D eigenvalue weighted by molar-refractivity contribution is 0.174. The Labute approximate surface area is 107 Å². The molecule has 5 nitrogen and oxygen atoms in total. The second-order valence-electron chi connectivity index (χ2n) is 4.69. The molecule has 0 saturated carbocycles. The van der Waals surface area contributed by atoms with Crippen molar-refractivity contribution >= 4 is 11.4 Å². The van der Waals surface area contributed by atoms with E-state index in [9.17, 15) is 0 Å². The fourth-order valence-electron chi connectivity index (χ4n) is 2.53. The highest BCUT2D eigenvalue weighted by atomic mass is 16.7. The minimum atomic E-state index is 0.293. The van der Waals surface area contributed by atoms with E-state index in [1.54, 1.807) is 0 Å². The van der Waals surface area contributed by atoms with Crippen LogP contribution in [-0.4, -0.2) is 44.4 Å². The summed E-state index contributed by atoms with van der Waals surface area (Å²) in [7, 11) is 0. The molecule has 18 heavy (non-hydrogen) atoms. The van der Waals surface area contributed by atoms with Crippen LogP contribution in [0.25, 0.3) is 0 Å². The molecule has 1 saturated heterocycles. The molecule has 2 N–H and O–H groups in total. The first-order chi connectivity index (χ1) is 8.78. The average Bonchev–Trinajstić information content (AvgIpc) is 2.85. The molecule has 0 aliphatic carbocycles. The number of nitrogens with two attached hydrogens (primary N) is 1. The van der Waals surface area contributed by atoms with Gasteiger partial charge in [-0.3, -0.25) is 0 Å². The lowest BCUT2D eigenvalue weighted by Crippen LogP contribution is -2.46. The summed E-state index contributed by atoms with van der Waals surface area (Å²) in [5, 5.41) is 0. The van der Waals surface area contributed by atoms with E-state index in [2.05, 4.69) is 16.7 Å². The number of ether oxygens (including phenoxy) is 2. The molecule has 1 aromatic rings. The Morgan fingerprint density at radius 1 is 1.11 bits per heavy atom.